The highest BCUT2D eigenvalue weighted by molar-refractivity contribution is 8.26. The van der Waals surface area contributed by atoms with Gasteiger partial charge in [-0.2, -0.15) is 5.26 Å². The number of pyridine rings is 1. The third-order valence-electron chi connectivity index (χ3n) is 7.44. The Morgan fingerprint density at radius 2 is 1.62 bits per heavy atom. The third-order valence-corrected chi connectivity index (χ3v) is 8.82. The first-order valence-corrected chi connectivity index (χ1v) is 14.9. The number of hydrogen-bond donors (Lipinski definition) is 1. The second kappa shape index (κ2) is 14.6. The number of carbonyl (C=O) groups excluding carboxylic acids is 1. The molecule has 2 saturated heterocycles. The minimum atomic E-state index is -0.729. The van der Waals surface area contributed by atoms with Crippen LogP contribution in [0.5, 0.6) is 0 Å². The Kier molecular flexibility index (Phi) is 11.6. The standard InChI is InChI=1S/C28H39N5O4S2/c1-20-21(25(31(3)26(36)22(20)19-29)32-16-14-30(2)15-17-32)18-23-27(37)33(28(38)39-23)13-11-9-7-5-4-6-8-10-12-24(34)35/h18H,4-17H2,1-3H3,(H,34,35)/b23-18-. The van der Waals surface area contributed by atoms with E-state index in [0.29, 0.717) is 21.3 Å². The number of amides is 1. The van der Waals surface area contributed by atoms with Gasteiger partial charge in [-0.3, -0.25) is 23.9 Å². The largest absolute Gasteiger partial charge is 0.481 e. The van der Waals surface area contributed by atoms with Gasteiger partial charge in [-0.25, -0.2) is 0 Å². The van der Waals surface area contributed by atoms with Crippen molar-refractivity contribution in [2.45, 2.75) is 64.7 Å². The summed E-state index contributed by atoms with van der Waals surface area (Å²) in [6.45, 7) is 5.57. The molecule has 3 rings (SSSR count). The van der Waals surface area contributed by atoms with Gasteiger partial charge in [0.15, 0.2) is 0 Å². The highest BCUT2D eigenvalue weighted by Crippen LogP contribution is 2.36. The number of unbranched alkanes of at least 4 members (excludes halogenated alkanes) is 7. The normalized spacial score (nSPS) is 17.3. The molecule has 2 aliphatic heterocycles. The van der Waals surface area contributed by atoms with Gasteiger partial charge in [0, 0.05) is 51.8 Å². The first kappa shape index (κ1) is 30.9. The van der Waals surface area contributed by atoms with Crippen molar-refractivity contribution >= 4 is 52.1 Å². The van der Waals surface area contributed by atoms with Crippen LogP contribution in [0.2, 0.25) is 0 Å². The molecule has 1 amide bonds. The molecule has 0 saturated carbocycles. The first-order valence-electron chi connectivity index (χ1n) is 13.7. The molecular weight excluding hydrogens is 534 g/mol. The third kappa shape index (κ3) is 7.93. The summed E-state index contributed by atoms with van der Waals surface area (Å²) < 4.78 is 2.07. The maximum absolute atomic E-state index is 13.3. The number of rotatable bonds is 13. The number of anilines is 1. The van der Waals surface area contributed by atoms with Crippen molar-refractivity contribution in [3.8, 4) is 6.07 Å². The Labute approximate surface area is 240 Å². The number of thiocarbonyl (C=S) groups is 1. The van der Waals surface area contributed by atoms with Crippen LogP contribution in [0.4, 0.5) is 5.82 Å². The lowest BCUT2D eigenvalue weighted by Gasteiger charge is -2.36. The highest BCUT2D eigenvalue weighted by Gasteiger charge is 2.33. The van der Waals surface area contributed by atoms with Crippen molar-refractivity contribution in [2.75, 3.05) is 44.7 Å². The lowest BCUT2D eigenvalue weighted by atomic mass is 10.0. The van der Waals surface area contributed by atoms with Gasteiger partial charge < -0.3 is 14.9 Å². The van der Waals surface area contributed by atoms with Crippen LogP contribution in [0.15, 0.2) is 9.70 Å². The van der Waals surface area contributed by atoms with Gasteiger partial charge in [0.1, 0.15) is 21.8 Å². The van der Waals surface area contributed by atoms with Crippen molar-refractivity contribution in [3.05, 3.63) is 31.9 Å². The molecule has 11 heteroatoms. The molecule has 0 atom stereocenters. The number of aromatic nitrogens is 1. The maximum Gasteiger partial charge on any atom is 0.303 e. The number of aliphatic carboxylic acids is 1. The number of nitriles is 1. The molecule has 1 aromatic heterocycles. The van der Waals surface area contributed by atoms with Crippen LogP contribution in [0.25, 0.3) is 6.08 Å². The molecule has 0 spiro atoms. The van der Waals surface area contributed by atoms with Crippen LogP contribution in [0.3, 0.4) is 0 Å². The monoisotopic (exact) mass is 573 g/mol. The van der Waals surface area contributed by atoms with E-state index < -0.39 is 5.97 Å². The quantitative estimate of drug-likeness (QED) is 0.212. The van der Waals surface area contributed by atoms with Gasteiger partial charge in [0.2, 0.25) is 0 Å². The summed E-state index contributed by atoms with van der Waals surface area (Å²) in [5, 5.41) is 18.4. The van der Waals surface area contributed by atoms with Crippen molar-refractivity contribution < 1.29 is 14.7 Å². The van der Waals surface area contributed by atoms with Crippen LogP contribution >= 0.6 is 24.0 Å². The summed E-state index contributed by atoms with van der Waals surface area (Å²) in [6.07, 6.45) is 9.96. The Balaban J connectivity index is 1.65. The summed E-state index contributed by atoms with van der Waals surface area (Å²) in [6, 6.07) is 2.06. The fraction of sp³-hybridized carbons (Fsp3) is 0.607. The van der Waals surface area contributed by atoms with E-state index in [2.05, 4.69) is 22.9 Å². The molecule has 212 valence electrons. The zero-order chi connectivity index (χ0) is 28.5. The smallest absolute Gasteiger partial charge is 0.303 e. The van der Waals surface area contributed by atoms with E-state index in [4.69, 9.17) is 17.3 Å². The summed E-state index contributed by atoms with van der Waals surface area (Å²) in [4.78, 5) is 43.4. The molecule has 0 aromatic carbocycles. The van der Waals surface area contributed by atoms with Crippen molar-refractivity contribution in [1.29, 1.82) is 5.26 Å². The fourth-order valence-electron chi connectivity index (χ4n) is 5.04. The number of thioether (sulfide) groups is 1. The van der Waals surface area contributed by atoms with Gasteiger partial charge in [-0.15, -0.1) is 0 Å². The molecule has 2 fully saturated rings. The molecule has 9 nitrogen and oxygen atoms in total. The van der Waals surface area contributed by atoms with Crippen molar-refractivity contribution in [2.24, 2.45) is 7.05 Å². The minimum Gasteiger partial charge on any atom is -0.481 e. The van der Waals surface area contributed by atoms with E-state index in [0.717, 1.165) is 88.9 Å². The zero-order valence-corrected chi connectivity index (χ0v) is 24.8. The van der Waals surface area contributed by atoms with E-state index >= 15 is 0 Å². The molecular formula is C28H39N5O4S2. The van der Waals surface area contributed by atoms with Gasteiger partial charge in [-0.05, 0) is 38.5 Å². The average molecular weight is 574 g/mol. The number of carbonyl (C=O) groups is 2. The SMILES string of the molecule is Cc1c(/C=C2\SC(=S)N(CCCCCCCCCCC(=O)O)C2=O)c(N2CCN(C)CC2)n(C)c(=O)c1C#N. The second-order valence-corrected chi connectivity index (χ2v) is 12.0. The lowest BCUT2D eigenvalue weighted by Crippen LogP contribution is -2.46. The first-order chi connectivity index (χ1) is 18.6. The fourth-order valence-corrected chi connectivity index (χ4v) is 6.33. The molecule has 2 aliphatic rings. The molecule has 3 heterocycles. The molecule has 39 heavy (non-hydrogen) atoms. The van der Waals surface area contributed by atoms with E-state index in [9.17, 15) is 19.6 Å². The number of hydrogen-bond acceptors (Lipinski definition) is 8. The van der Waals surface area contributed by atoms with E-state index in [1.807, 2.05) is 6.08 Å². The second-order valence-electron chi connectivity index (χ2n) is 10.3. The Hall–Kier alpha value is -2.68. The van der Waals surface area contributed by atoms with E-state index in [-0.39, 0.29) is 23.5 Å². The van der Waals surface area contributed by atoms with E-state index in [1.165, 1.54) is 16.3 Å². The minimum absolute atomic E-state index is 0.0963. The van der Waals surface area contributed by atoms with Crippen LogP contribution in [-0.2, 0) is 16.6 Å². The summed E-state index contributed by atoms with van der Waals surface area (Å²) in [5.41, 5.74) is 1.08. The topological polar surface area (TPSA) is 110 Å². The number of carboxylic acids is 1. The summed E-state index contributed by atoms with van der Waals surface area (Å²) in [5.74, 6) is -0.121. The Morgan fingerprint density at radius 1 is 1.03 bits per heavy atom. The lowest BCUT2D eigenvalue weighted by molar-refractivity contribution is -0.137. The average Bonchev–Trinajstić information content (AvgIpc) is 3.16. The van der Waals surface area contributed by atoms with Crippen LogP contribution in [0.1, 0.15) is 74.5 Å². The van der Waals surface area contributed by atoms with Gasteiger partial charge in [0.25, 0.3) is 11.5 Å². The Morgan fingerprint density at radius 3 is 2.21 bits per heavy atom. The number of piperazine rings is 1. The van der Waals surface area contributed by atoms with E-state index in [1.54, 1.807) is 18.9 Å². The molecule has 0 unspecified atom stereocenters. The van der Waals surface area contributed by atoms with Crippen molar-refractivity contribution in [1.82, 2.24) is 14.4 Å². The highest BCUT2D eigenvalue weighted by atomic mass is 32.2. The van der Waals surface area contributed by atoms with Crippen molar-refractivity contribution in [3.63, 3.8) is 0 Å². The summed E-state index contributed by atoms with van der Waals surface area (Å²) in [7, 11) is 3.76. The molecule has 1 aromatic rings. The maximum atomic E-state index is 13.3. The van der Waals surface area contributed by atoms with Gasteiger partial charge >= 0.3 is 5.97 Å². The molecule has 0 aliphatic carbocycles. The van der Waals surface area contributed by atoms with Gasteiger partial charge in [-0.1, -0.05) is 62.5 Å². The van der Waals surface area contributed by atoms with Crippen LogP contribution in [0, 0.1) is 18.3 Å². The Bertz CT molecular complexity index is 1210. The number of likely N-dealkylation sites (N-methyl/N-ethyl adjacent to an activating group) is 1. The van der Waals surface area contributed by atoms with Gasteiger partial charge in [0.05, 0.1) is 4.91 Å². The summed E-state index contributed by atoms with van der Waals surface area (Å²) >= 11 is 6.83. The number of nitrogens with zero attached hydrogens (tertiary/aromatic N) is 5. The predicted molar refractivity (Wildman–Crippen MR) is 160 cm³/mol. The number of carboxylic acid groups (broad SMARTS) is 1. The zero-order valence-electron chi connectivity index (χ0n) is 23.2. The van der Waals surface area contributed by atoms with Crippen LogP contribution in [-0.4, -0.2) is 75.4 Å². The molecule has 0 radical (unpaired) electrons. The molecule has 1 N–H and O–H groups in total. The molecule has 0 bridgehead atoms. The van der Waals surface area contributed by atoms with Crippen LogP contribution < -0.4 is 10.5 Å². The predicted octanol–water partition coefficient (Wildman–Crippen LogP) is 4.11.